The van der Waals surface area contributed by atoms with E-state index in [9.17, 15) is 4.79 Å². The zero-order valence-electron chi connectivity index (χ0n) is 15.4. The van der Waals surface area contributed by atoms with Gasteiger partial charge in [-0.1, -0.05) is 36.8 Å². The van der Waals surface area contributed by atoms with Crippen LogP contribution in [0.25, 0.3) is 0 Å². The molecule has 142 valence electrons. The van der Waals surface area contributed by atoms with Gasteiger partial charge in [-0.15, -0.1) is 0 Å². The van der Waals surface area contributed by atoms with E-state index < -0.39 is 5.41 Å². The van der Waals surface area contributed by atoms with Crippen LogP contribution in [0.2, 0.25) is 0 Å². The van der Waals surface area contributed by atoms with Crippen molar-refractivity contribution in [2.75, 3.05) is 26.4 Å². The summed E-state index contributed by atoms with van der Waals surface area (Å²) >= 11 is 0. The summed E-state index contributed by atoms with van der Waals surface area (Å²) in [4.78, 5) is 13.2. The molecule has 3 fully saturated rings. The van der Waals surface area contributed by atoms with Gasteiger partial charge in [0.2, 0.25) is 5.91 Å². The lowest BCUT2D eigenvalue weighted by atomic mass is 9.73. The van der Waals surface area contributed by atoms with Crippen LogP contribution in [0.15, 0.2) is 30.3 Å². The van der Waals surface area contributed by atoms with Crippen LogP contribution in [-0.4, -0.2) is 44.2 Å². The second kappa shape index (κ2) is 7.67. The summed E-state index contributed by atoms with van der Waals surface area (Å²) < 4.78 is 17.7. The van der Waals surface area contributed by atoms with Crippen molar-refractivity contribution < 1.29 is 19.0 Å². The summed E-state index contributed by atoms with van der Waals surface area (Å²) in [7, 11) is 0. The van der Waals surface area contributed by atoms with Gasteiger partial charge in [-0.05, 0) is 31.2 Å². The molecule has 1 atom stereocenters. The maximum atomic E-state index is 13.2. The van der Waals surface area contributed by atoms with Crippen molar-refractivity contribution in [1.82, 2.24) is 5.32 Å². The molecule has 2 aliphatic heterocycles. The number of benzene rings is 1. The predicted octanol–water partition coefficient (Wildman–Crippen LogP) is 2.93. The van der Waals surface area contributed by atoms with Gasteiger partial charge in [0.05, 0.1) is 12.0 Å². The molecular formula is C21H29NO4. The van der Waals surface area contributed by atoms with Gasteiger partial charge < -0.3 is 19.5 Å². The molecule has 1 aromatic carbocycles. The molecule has 3 aliphatic rings. The van der Waals surface area contributed by atoms with Crippen LogP contribution in [0.1, 0.15) is 50.5 Å². The van der Waals surface area contributed by atoms with Gasteiger partial charge in [0.15, 0.2) is 5.79 Å². The monoisotopic (exact) mass is 359 g/mol. The Morgan fingerprint density at radius 1 is 1.04 bits per heavy atom. The molecule has 1 unspecified atom stereocenters. The average molecular weight is 359 g/mol. The zero-order valence-corrected chi connectivity index (χ0v) is 15.4. The van der Waals surface area contributed by atoms with Gasteiger partial charge in [-0.2, -0.15) is 0 Å². The Hall–Kier alpha value is -1.43. The molecule has 26 heavy (non-hydrogen) atoms. The highest BCUT2D eigenvalue weighted by Crippen LogP contribution is 2.38. The summed E-state index contributed by atoms with van der Waals surface area (Å²) in [5.41, 5.74) is 0.578. The van der Waals surface area contributed by atoms with Gasteiger partial charge in [-0.3, -0.25) is 4.79 Å². The fraction of sp³-hybridized carbons (Fsp3) is 0.667. The fourth-order valence-corrected chi connectivity index (χ4v) is 4.57. The first-order chi connectivity index (χ1) is 12.7. The molecule has 1 aromatic rings. The van der Waals surface area contributed by atoms with Crippen LogP contribution in [0, 0.1) is 0 Å². The van der Waals surface area contributed by atoms with Crippen molar-refractivity contribution in [3.8, 4) is 0 Å². The molecule has 0 radical (unpaired) electrons. The van der Waals surface area contributed by atoms with E-state index >= 15 is 0 Å². The van der Waals surface area contributed by atoms with Crippen LogP contribution in [0.5, 0.6) is 0 Å². The minimum Gasteiger partial charge on any atom is -0.381 e. The van der Waals surface area contributed by atoms with E-state index in [1.165, 1.54) is 6.42 Å². The van der Waals surface area contributed by atoms with E-state index in [2.05, 4.69) is 17.4 Å². The van der Waals surface area contributed by atoms with Crippen LogP contribution in [0.3, 0.4) is 0 Å². The lowest BCUT2D eigenvalue weighted by Crippen LogP contribution is -2.50. The quantitative estimate of drug-likeness (QED) is 0.898. The highest BCUT2D eigenvalue weighted by Gasteiger charge is 2.44. The van der Waals surface area contributed by atoms with E-state index in [4.69, 9.17) is 14.2 Å². The Morgan fingerprint density at radius 3 is 2.50 bits per heavy atom. The van der Waals surface area contributed by atoms with Gasteiger partial charge in [0, 0.05) is 32.6 Å². The molecule has 0 aromatic heterocycles. The Bertz CT molecular complexity index is 606. The fourth-order valence-electron chi connectivity index (χ4n) is 4.57. The Labute approximate surface area is 155 Å². The van der Waals surface area contributed by atoms with Crippen molar-refractivity contribution in [3.05, 3.63) is 35.9 Å². The SMILES string of the molecule is O=C(NCC1COC2(CCCCC2)O1)C1(c2ccccc2)CCOCC1. The topological polar surface area (TPSA) is 56.8 Å². The van der Waals surface area contributed by atoms with Crippen molar-refractivity contribution in [2.24, 2.45) is 0 Å². The maximum absolute atomic E-state index is 13.2. The van der Waals surface area contributed by atoms with Gasteiger partial charge in [-0.25, -0.2) is 0 Å². The van der Waals surface area contributed by atoms with Crippen LogP contribution in [0.4, 0.5) is 0 Å². The molecule has 2 heterocycles. The molecule has 5 heteroatoms. The van der Waals surface area contributed by atoms with E-state index in [1.807, 2.05) is 18.2 Å². The molecule has 5 nitrogen and oxygen atoms in total. The normalized spacial score (nSPS) is 27.3. The van der Waals surface area contributed by atoms with Crippen molar-refractivity contribution >= 4 is 5.91 Å². The standard InChI is InChI=1S/C21H29NO4/c23-19(20(11-13-24-14-12-20)17-7-3-1-4-8-17)22-15-18-16-25-21(26-18)9-5-2-6-10-21/h1,3-4,7-8,18H,2,5-6,9-16H2,(H,22,23). The minimum atomic E-state index is -0.499. The lowest BCUT2D eigenvalue weighted by Gasteiger charge is -2.36. The highest BCUT2D eigenvalue weighted by atomic mass is 16.7. The van der Waals surface area contributed by atoms with E-state index in [-0.39, 0.29) is 17.8 Å². The number of rotatable bonds is 4. The van der Waals surface area contributed by atoms with E-state index in [0.717, 1.165) is 44.1 Å². The van der Waals surface area contributed by atoms with Gasteiger partial charge >= 0.3 is 0 Å². The summed E-state index contributed by atoms with van der Waals surface area (Å²) in [6.07, 6.45) is 6.92. The largest absolute Gasteiger partial charge is 0.381 e. The number of nitrogens with one attached hydrogen (secondary N) is 1. The lowest BCUT2D eigenvalue weighted by molar-refractivity contribution is -0.186. The van der Waals surface area contributed by atoms with Crippen LogP contribution >= 0.6 is 0 Å². The van der Waals surface area contributed by atoms with Crippen molar-refractivity contribution in [2.45, 2.75) is 62.3 Å². The van der Waals surface area contributed by atoms with Gasteiger partial charge in [0.25, 0.3) is 0 Å². The molecule has 0 bridgehead atoms. The smallest absolute Gasteiger partial charge is 0.230 e. The van der Waals surface area contributed by atoms with Gasteiger partial charge in [0.1, 0.15) is 6.10 Å². The molecule has 1 amide bonds. The highest BCUT2D eigenvalue weighted by molar-refractivity contribution is 5.88. The molecule has 1 spiro atoms. The summed E-state index contributed by atoms with van der Waals surface area (Å²) in [6, 6.07) is 10.1. The number of carbonyl (C=O) groups is 1. The Kier molecular flexibility index (Phi) is 5.30. The third-order valence-corrected chi connectivity index (χ3v) is 6.13. The first-order valence-electron chi connectivity index (χ1n) is 9.96. The molecule has 1 aliphatic carbocycles. The third kappa shape index (κ3) is 3.53. The number of amides is 1. The molecule has 1 N–H and O–H groups in total. The summed E-state index contributed by atoms with van der Waals surface area (Å²) in [6.45, 7) is 2.32. The molecule has 2 saturated heterocycles. The third-order valence-electron chi connectivity index (χ3n) is 6.13. The van der Waals surface area contributed by atoms with Crippen LogP contribution in [-0.2, 0) is 24.4 Å². The Balaban J connectivity index is 1.40. The minimum absolute atomic E-state index is 0.0512. The number of ether oxygens (including phenoxy) is 3. The first kappa shape index (κ1) is 18.0. The first-order valence-corrected chi connectivity index (χ1v) is 9.96. The van der Waals surface area contributed by atoms with Crippen molar-refractivity contribution in [1.29, 1.82) is 0 Å². The zero-order chi connectivity index (χ0) is 17.9. The Morgan fingerprint density at radius 2 is 1.77 bits per heavy atom. The van der Waals surface area contributed by atoms with E-state index in [1.54, 1.807) is 0 Å². The summed E-state index contributed by atoms with van der Waals surface area (Å²) in [5.74, 6) is -0.302. The maximum Gasteiger partial charge on any atom is 0.230 e. The summed E-state index contributed by atoms with van der Waals surface area (Å²) in [5, 5.41) is 3.16. The molecule has 1 saturated carbocycles. The number of hydrogen-bond donors (Lipinski definition) is 1. The number of hydrogen-bond acceptors (Lipinski definition) is 4. The average Bonchev–Trinajstić information content (AvgIpc) is 3.10. The molecular weight excluding hydrogens is 330 g/mol. The predicted molar refractivity (Wildman–Crippen MR) is 97.8 cm³/mol. The van der Waals surface area contributed by atoms with E-state index in [0.29, 0.717) is 26.4 Å². The van der Waals surface area contributed by atoms with Crippen LogP contribution < -0.4 is 5.32 Å². The number of carbonyl (C=O) groups excluding carboxylic acids is 1. The second-order valence-electron chi connectivity index (χ2n) is 7.79. The second-order valence-corrected chi connectivity index (χ2v) is 7.79. The molecule has 4 rings (SSSR count). The van der Waals surface area contributed by atoms with Crippen molar-refractivity contribution in [3.63, 3.8) is 0 Å².